The zero-order valence-electron chi connectivity index (χ0n) is 29.6. The number of nitrogens with zero attached hydrogens (tertiary/aromatic N) is 5. The van der Waals surface area contributed by atoms with Crippen molar-refractivity contribution < 1.29 is 23.8 Å². The summed E-state index contributed by atoms with van der Waals surface area (Å²) < 4.78 is 29.9. The number of anilines is 1. The molecule has 3 aliphatic rings. The number of benzene rings is 1. The molecule has 4 aromatic rings. The fourth-order valence-corrected chi connectivity index (χ4v) is 8.19. The van der Waals surface area contributed by atoms with E-state index in [0.29, 0.717) is 46.8 Å². The number of ether oxygens (including phenoxy) is 2. The molecule has 7 rings (SSSR count). The monoisotopic (exact) mass is 669 g/mol. The van der Waals surface area contributed by atoms with Gasteiger partial charge in [-0.3, -0.25) is 4.90 Å². The van der Waals surface area contributed by atoms with Gasteiger partial charge in [0.2, 0.25) is 0 Å². The maximum atomic E-state index is 15.8. The first-order valence-electron chi connectivity index (χ1n) is 17.7. The number of carbonyl (C=O) groups is 1. The van der Waals surface area contributed by atoms with Crippen molar-refractivity contribution in [1.82, 2.24) is 19.4 Å². The molecule has 1 atom stereocenters. The smallest absolute Gasteiger partial charge is 0.337 e. The van der Waals surface area contributed by atoms with Gasteiger partial charge >= 0.3 is 5.97 Å². The van der Waals surface area contributed by atoms with Crippen molar-refractivity contribution in [3.8, 4) is 28.1 Å². The number of fused-ring (bicyclic) bond motifs is 2. The van der Waals surface area contributed by atoms with Gasteiger partial charge in [0.1, 0.15) is 11.5 Å². The highest BCUT2D eigenvalue weighted by Gasteiger charge is 2.35. The highest BCUT2D eigenvalue weighted by atomic mass is 19.1. The van der Waals surface area contributed by atoms with Crippen LogP contribution in [0.4, 0.5) is 10.2 Å². The molecule has 0 amide bonds. The lowest BCUT2D eigenvalue weighted by molar-refractivity contribution is -0.160. The minimum atomic E-state index is -1.32. The molecule has 49 heavy (non-hydrogen) atoms. The van der Waals surface area contributed by atoms with E-state index in [0.717, 1.165) is 72.2 Å². The maximum Gasteiger partial charge on any atom is 0.337 e. The molecule has 10 heteroatoms. The molecule has 0 bridgehead atoms. The molecule has 1 aliphatic carbocycles. The number of aromatic nitrogens is 3. The minimum Gasteiger partial charge on any atom is -0.490 e. The van der Waals surface area contributed by atoms with E-state index < -0.39 is 23.5 Å². The summed E-state index contributed by atoms with van der Waals surface area (Å²) in [6.45, 7) is 13.7. The number of aryl methyl sites for hydroxylation is 2. The Kier molecular flexibility index (Phi) is 8.90. The van der Waals surface area contributed by atoms with Crippen molar-refractivity contribution in [3.63, 3.8) is 0 Å². The number of hydrogen-bond acceptors (Lipinski definition) is 7. The second kappa shape index (κ2) is 13.0. The molecule has 1 saturated heterocycles. The van der Waals surface area contributed by atoms with Crippen molar-refractivity contribution in [3.05, 3.63) is 58.7 Å². The summed E-state index contributed by atoms with van der Waals surface area (Å²) in [6.07, 6.45) is 7.32. The second-order valence-corrected chi connectivity index (χ2v) is 14.9. The molecule has 1 aromatic carbocycles. The summed E-state index contributed by atoms with van der Waals surface area (Å²) in [4.78, 5) is 27.7. The van der Waals surface area contributed by atoms with Gasteiger partial charge in [-0.15, -0.1) is 0 Å². The highest BCUT2D eigenvalue weighted by molar-refractivity contribution is 6.01. The van der Waals surface area contributed by atoms with Crippen LogP contribution in [0.15, 0.2) is 30.5 Å². The van der Waals surface area contributed by atoms with Crippen LogP contribution < -0.4 is 9.64 Å². The molecular weight excluding hydrogens is 621 g/mol. The van der Waals surface area contributed by atoms with E-state index in [1.807, 2.05) is 58.5 Å². The summed E-state index contributed by atoms with van der Waals surface area (Å²) in [5.74, 6) is -0.340. The predicted molar refractivity (Wildman–Crippen MR) is 190 cm³/mol. The number of halogens is 1. The Hall–Kier alpha value is -4.02. The van der Waals surface area contributed by atoms with Gasteiger partial charge in [-0.05, 0) is 95.7 Å². The molecular formula is C39H48FN5O4. The van der Waals surface area contributed by atoms with Gasteiger partial charge < -0.3 is 24.0 Å². The number of hydrogen-bond donors (Lipinski definition) is 1. The summed E-state index contributed by atoms with van der Waals surface area (Å²) in [6, 6.07) is 8.42. The van der Waals surface area contributed by atoms with Crippen LogP contribution in [-0.2, 0) is 23.0 Å². The van der Waals surface area contributed by atoms with E-state index in [-0.39, 0.29) is 0 Å². The van der Waals surface area contributed by atoms with Gasteiger partial charge in [0.25, 0.3) is 0 Å². The van der Waals surface area contributed by atoms with Crippen LogP contribution in [0.3, 0.4) is 0 Å². The lowest BCUT2D eigenvalue weighted by atomic mass is 9.86. The van der Waals surface area contributed by atoms with Crippen LogP contribution >= 0.6 is 0 Å². The van der Waals surface area contributed by atoms with Gasteiger partial charge in [0.05, 0.1) is 17.9 Å². The Morgan fingerprint density at radius 1 is 1.08 bits per heavy atom. The minimum absolute atomic E-state index is 0.291. The first-order chi connectivity index (χ1) is 23.4. The van der Waals surface area contributed by atoms with Crippen LogP contribution in [-0.4, -0.2) is 74.9 Å². The molecule has 9 nitrogen and oxygen atoms in total. The first-order valence-corrected chi connectivity index (χ1v) is 17.7. The van der Waals surface area contributed by atoms with Crippen LogP contribution in [0.1, 0.15) is 81.4 Å². The van der Waals surface area contributed by atoms with Gasteiger partial charge in [-0.25, -0.2) is 19.2 Å². The fourth-order valence-electron chi connectivity index (χ4n) is 8.19. The van der Waals surface area contributed by atoms with Crippen molar-refractivity contribution in [2.24, 2.45) is 7.05 Å². The first kappa shape index (κ1) is 33.5. The Balaban J connectivity index is 1.37. The van der Waals surface area contributed by atoms with E-state index in [4.69, 9.17) is 19.4 Å². The normalized spacial score (nSPS) is 18.1. The summed E-state index contributed by atoms with van der Waals surface area (Å²) >= 11 is 0. The number of aliphatic carboxylic acids is 1. The number of rotatable bonds is 7. The maximum absolute atomic E-state index is 15.8. The largest absolute Gasteiger partial charge is 0.490 e. The van der Waals surface area contributed by atoms with Crippen molar-refractivity contribution in [2.75, 3.05) is 37.7 Å². The van der Waals surface area contributed by atoms with E-state index in [9.17, 15) is 9.90 Å². The third-order valence-corrected chi connectivity index (χ3v) is 10.6. The second-order valence-electron chi connectivity index (χ2n) is 14.9. The highest BCUT2D eigenvalue weighted by Crippen LogP contribution is 2.45. The number of carboxylic acid groups (broad SMARTS) is 1. The van der Waals surface area contributed by atoms with Gasteiger partial charge in [0.15, 0.2) is 17.7 Å². The van der Waals surface area contributed by atoms with Crippen molar-refractivity contribution in [2.45, 2.75) is 90.9 Å². The van der Waals surface area contributed by atoms with Gasteiger partial charge in [-0.1, -0.05) is 12.8 Å². The molecule has 3 aromatic heterocycles. The molecule has 5 heterocycles. The third-order valence-electron chi connectivity index (χ3n) is 10.6. The lowest BCUT2D eigenvalue weighted by Crippen LogP contribution is -2.50. The predicted octanol–water partition coefficient (Wildman–Crippen LogP) is 7.39. The van der Waals surface area contributed by atoms with Gasteiger partial charge in [0, 0.05) is 78.8 Å². The van der Waals surface area contributed by atoms with E-state index in [1.54, 1.807) is 0 Å². The quantitative estimate of drug-likeness (QED) is 0.218. The number of pyridine rings is 2. The summed E-state index contributed by atoms with van der Waals surface area (Å²) in [5.41, 5.74) is 5.73. The molecule has 1 saturated carbocycles. The number of carboxylic acids is 1. The average Bonchev–Trinajstić information content (AvgIpc) is 3.73. The average molecular weight is 670 g/mol. The topological polar surface area (TPSA) is 93.0 Å². The van der Waals surface area contributed by atoms with Gasteiger partial charge in [-0.2, -0.15) is 0 Å². The Bertz CT molecular complexity index is 1900. The Labute approximate surface area is 288 Å². The SMILES string of the molecule is Cc1nc2c(cc(-c3ccnc(N4CCN(C5CCCC5)CC4)c3)n2C)c(-c2cc(F)c3c(c2C)CCCO3)c1[C@H](OC(C)(C)C)C(=O)O. The number of piperazine rings is 1. The van der Waals surface area contributed by atoms with Crippen molar-refractivity contribution in [1.29, 1.82) is 0 Å². The van der Waals surface area contributed by atoms with Crippen LogP contribution in [0.25, 0.3) is 33.4 Å². The van der Waals surface area contributed by atoms with E-state index in [2.05, 4.69) is 21.9 Å². The van der Waals surface area contributed by atoms with Crippen LogP contribution in [0, 0.1) is 19.7 Å². The molecule has 2 fully saturated rings. The van der Waals surface area contributed by atoms with Crippen molar-refractivity contribution >= 4 is 22.8 Å². The molecule has 0 radical (unpaired) electrons. The zero-order chi connectivity index (χ0) is 34.6. The molecule has 0 spiro atoms. The third kappa shape index (κ3) is 6.29. The summed E-state index contributed by atoms with van der Waals surface area (Å²) in [5, 5.41) is 11.3. The van der Waals surface area contributed by atoms with Crippen LogP contribution in [0.2, 0.25) is 0 Å². The zero-order valence-corrected chi connectivity index (χ0v) is 29.6. The van der Waals surface area contributed by atoms with Crippen LogP contribution in [0.5, 0.6) is 5.75 Å². The lowest BCUT2D eigenvalue weighted by Gasteiger charge is -2.38. The Morgan fingerprint density at radius 3 is 2.51 bits per heavy atom. The molecule has 2 aliphatic heterocycles. The molecule has 260 valence electrons. The summed E-state index contributed by atoms with van der Waals surface area (Å²) in [7, 11) is 1.97. The molecule has 0 unspecified atom stereocenters. The Morgan fingerprint density at radius 2 is 1.82 bits per heavy atom. The molecule has 1 N–H and O–H groups in total. The van der Waals surface area contributed by atoms with E-state index in [1.165, 1.54) is 31.7 Å². The standard InChI is InChI=1S/C39H48FN5O4/c1-23-27-12-9-19-48-35(27)30(40)21-28(23)34-29-22-31(43(6)37(29)42-24(2)33(34)36(38(46)47)49-39(3,4)5)25-13-14-41-32(20-25)45-17-15-44(16-18-45)26-10-7-8-11-26/h13-14,20-22,26,36H,7-12,15-19H2,1-6H3,(H,46,47)/t36-/m0/s1. The fraction of sp³-hybridized carbons (Fsp3) is 0.513. The van der Waals surface area contributed by atoms with E-state index >= 15 is 4.39 Å².